The van der Waals surface area contributed by atoms with E-state index >= 15 is 0 Å². The van der Waals surface area contributed by atoms with Gasteiger partial charge in [0.25, 0.3) is 0 Å². The van der Waals surface area contributed by atoms with Crippen molar-refractivity contribution >= 4 is 23.0 Å². The Labute approximate surface area is 130 Å². The molecule has 2 aromatic carbocycles. The Hall–Kier alpha value is -2.18. The van der Waals surface area contributed by atoms with Crippen molar-refractivity contribution in [2.45, 2.75) is 13.0 Å². The highest BCUT2D eigenvalue weighted by Gasteiger charge is 2.09. The minimum absolute atomic E-state index is 0.104. The van der Waals surface area contributed by atoms with Crippen LogP contribution < -0.4 is 10.2 Å². The molecule has 2 aromatic rings. The van der Waals surface area contributed by atoms with Crippen molar-refractivity contribution in [3.05, 3.63) is 58.6 Å². The molecular formula is C17H18ClN3. The zero-order valence-corrected chi connectivity index (χ0v) is 13.1. The van der Waals surface area contributed by atoms with Gasteiger partial charge in [-0.2, -0.15) is 5.26 Å². The van der Waals surface area contributed by atoms with E-state index in [0.717, 1.165) is 11.4 Å². The van der Waals surface area contributed by atoms with Gasteiger partial charge in [0.05, 0.1) is 22.3 Å². The van der Waals surface area contributed by atoms with Crippen LogP contribution in [0.25, 0.3) is 0 Å². The third kappa shape index (κ3) is 3.68. The fraction of sp³-hybridized carbons (Fsp3) is 0.235. The van der Waals surface area contributed by atoms with Gasteiger partial charge in [-0.25, -0.2) is 0 Å². The number of hydrogen-bond donors (Lipinski definition) is 1. The lowest BCUT2D eigenvalue weighted by molar-refractivity contribution is 0.884. The third-order valence-electron chi connectivity index (χ3n) is 3.38. The molecule has 2 rings (SSSR count). The van der Waals surface area contributed by atoms with Crippen LogP contribution >= 0.6 is 11.6 Å². The Morgan fingerprint density at radius 1 is 1.14 bits per heavy atom. The molecule has 0 saturated heterocycles. The number of anilines is 2. The van der Waals surface area contributed by atoms with Crippen LogP contribution in [0.1, 0.15) is 24.1 Å². The normalized spacial score (nSPS) is 11.6. The van der Waals surface area contributed by atoms with E-state index in [1.165, 1.54) is 5.56 Å². The van der Waals surface area contributed by atoms with Gasteiger partial charge in [-0.05, 0) is 42.8 Å². The fourth-order valence-electron chi connectivity index (χ4n) is 2.08. The molecule has 0 aliphatic heterocycles. The van der Waals surface area contributed by atoms with Crippen molar-refractivity contribution in [1.82, 2.24) is 0 Å². The second kappa shape index (κ2) is 6.51. The first-order valence-electron chi connectivity index (χ1n) is 6.74. The number of benzene rings is 2. The molecule has 0 aliphatic rings. The zero-order valence-electron chi connectivity index (χ0n) is 12.4. The van der Waals surface area contributed by atoms with Crippen LogP contribution in [-0.2, 0) is 0 Å². The molecule has 0 fully saturated rings. The highest BCUT2D eigenvalue weighted by atomic mass is 35.5. The quantitative estimate of drug-likeness (QED) is 0.906. The topological polar surface area (TPSA) is 39.1 Å². The molecule has 0 amide bonds. The minimum atomic E-state index is 0.104. The van der Waals surface area contributed by atoms with Crippen molar-refractivity contribution in [1.29, 1.82) is 5.26 Å². The van der Waals surface area contributed by atoms with Crippen molar-refractivity contribution in [3.63, 3.8) is 0 Å². The van der Waals surface area contributed by atoms with Crippen LogP contribution in [0.2, 0.25) is 5.02 Å². The van der Waals surface area contributed by atoms with E-state index in [1.54, 1.807) is 18.2 Å². The summed E-state index contributed by atoms with van der Waals surface area (Å²) in [4.78, 5) is 2.06. The number of nitrogens with zero attached hydrogens (tertiary/aromatic N) is 2. The average Bonchev–Trinajstić information content (AvgIpc) is 2.49. The zero-order chi connectivity index (χ0) is 15.4. The van der Waals surface area contributed by atoms with Crippen LogP contribution in [0.15, 0.2) is 42.5 Å². The monoisotopic (exact) mass is 299 g/mol. The van der Waals surface area contributed by atoms with Crippen molar-refractivity contribution in [2.24, 2.45) is 0 Å². The Morgan fingerprint density at radius 2 is 1.81 bits per heavy atom. The second-order valence-corrected chi connectivity index (χ2v) is 5.57. The van der Waals surface area contributed by atoms with Crippen LogP contribution in [0.3, 0.4) is 0 Å². The maximum atomic E-state index is 8.96. The standard InChI is InChI=1S/C17H18ClN3/c1-12(14-5-7-15(8-6-14)21(2)3)20-17-10-13(11-19)4-9-16(17)18/h4-10,12,20H,1-3H3. The average molecular weight is 300 g/mol. The number of nitrogens with one attached hydrogen (secondary N) is 1. The molecule has 0 saturated carbocycles. The number of rotatable bonds is 4. The maximum Gasteiger partial charge on any atom is 0.0992 e. The number of nitriles is 1. The molecule has 1 N–H and O–H groups in total. The molecule has 0 spiro atoms. The first kappa shape index (κ1) is 15.2. The summed E-state index contributed by atoms with van der Waals surface area (Å²) >= 11 is 6.17. The first-order chi connectivity index (χ1) is 10.0. The van der Waals surface area contributed by atoms with E-state index in [4.69, 9.17) is 16.9 Å². The highest BCUT2D eigenvalue weighted by Crippen LogP contribution is 2.27. The van der Waals surface area contributed by atoms with Crippen molar-refractivity contribution in [3.8, 4) is 6.07 Å². The van der Waals surface area contributed by atoms with Gasteiger partial charge in [-0.15, -0.1) is 0 Å². The molecule has 108 valence electrons. The molecule has 0 heterocycles. The van der Waals surface area contributed by atoms with Gasteiger partial charge in [0.2, 0.25) is 0 Å². The summed E-state index contributed by atoms with van der Waals surface area (Å²) in [7, 11) is 4.04. The first-order valence-corrected chi connectivity index (χ1v) is 7.12. The van der Waals surface area contributed by atoms with Crippen LogP contribution in [0.4, 0.5) is 11.4 Å². The Bertz CT molecular complexity index is 657. The van der Waals surface area contributed by atoms with Crippen LogP contribution in [0, 0.1) is 11.3 Å². The van der Waals surface area contributed by atoms with Crippen molar-refractivity contribution in [2.75, 3.05) is 24.3 Å². The summed E-state index contributed by atoms with van der Waals surface area (Å²) in [5.41, 5.74) is 3.70. The summed E-state index contributed by atoms with van der Waals surface area (Å²) in [6, 6.07) is 15.8. The molecule has 1 atom stereocenters. The lowest BCUT2D eigenvalue weighted by Crippen LogP contribution is -2.10. The largest absolute Gasteiger partial charge is 0.378 e. The molecule has 0 bridgehead atoms. The highest BCUT2D eigenvalue weighted by molar-refractivity contribution is 6.33. The summed E-state index contributed by atoms with van der Waals surface area (Å²) in [5.74, 6) is 0. The van der Waals surface area contributed by atoms with Crippen molar-refractivity contribution < 1.29 is 0 Å². The molecule has 0 aromatic heterocycles. The minimum Gasteiger partial charge on any atom is -0.378 e. The van der Waals surface area contributed by atoms with E-state index in [9.17, 15) is 0 Å². The van der Waals surface area contributed by atoms with Gasteiger partial charge in [-0.1, -0.05) is 23.7 Å². The van der Waals surface area contributed by atoms with Crippen LogP contribution in [0.5, 0.6) is 0 Å². The third-order valence-corrected chi connectivity index (χ3v) is 3.71. The maximum absolute atomic E-state index is 8.96. The van der Waals surface area contributed by atoms with E-state index in [0.29, 0.717) is 10.6 Å². The molecule has 21 heavy (non-hydrogen) atoms. The summed E-state index contributed by atoms with van der Waals surface area (Å²) < 4.78 is 0. The number of hydrogen-bond acceptors (Lipinski definition) is 3. The lowest BCUT2D eigenvalue weighted by atomic mass is 10.1. The van der Waals surface area contributed by atoms with E-state index in [-0.39, 0.29) is 6.04 Å². The van der Waals surface area contributed by atoms with Gasteiger partial charge in [0.1, 0.15) is 0 Å². The predicted molar refractivity (Wildman–Crippen MR) is 89.0 cm³/mol. The Balaban J connectivity index is 2.18. The summed E-state index contributed by atoms with van der Waals surface area (Å²) in [5, 5.41) is 12.9. The van der Waals surface area contributed by atoms with Gasteiger partial charge in [-0.3, -0.25) is 0 Å². The molecule has 0 radical (unpaired) electrons. The number of halogens is 1. The van der Waals surface area contributed by atoms with E-state index < -0.39 is 0 Å². The van der Waals surface area contributed by atoms with Crippen LogP contribution in [-0.4, -0.2) is 14.1 Å². The second-order valence-electron chi connectivity index (χ2n) is 5.16. The SMILES string of the molecule is CC(Nc1cc(C#N)ccc1Cl)c1ccc(N(C)C)cc1. The van der Waals surface area contributed by atoms with Gasteiger partial charge in [0, 0.05) is 25.8 Å². The molecule has 4 heteroatoms. The predicted octanol–water partition coefficient (Wildman–Crippen LogP) is 4.45. The Morgan fingerprint density at radius 3 is 2.38 bits per heavy atom. The molecule has 1 unspecified atom stereocenters. The molecule has 3 nitrogen and oxygen atoms in total. The van der Waals surface area contributed by atoms with E-state index in [1.807, 2.05) is 14.1 Å². The van der Waals surface area contributed by atoms with Gasteiger partial charge < -0.3 is 10.2 Å². The Kier molecular flexibility index (Phi) is 4.72. The molecule has 0 aliphatic carbocycles. The summed E-state index contributed by atoms with van der Waals surface area (Å²) in [6.45, 7) is 2.07. The summed E-state index contributed by atoms with van der Waals surface area (Å²) in [6.07, 6.45) is 0. The van der Waals surface area contributed by atoms with E-state index in [2.05, 4.69) is 47.5 Å². The molecular weight excluding hydrogens is 282 g/mol. The van der Waals surface area contributed by atoms with Gasteiger partial charge in [0.15, 0.2) is 0 Å². The van der Waals surface area contributed by atoms with Gasteiger partial charge >= 0.3 is 0 Å². The fourth-order valence-corrected chi connectivity index (χ4v) is 2.26. The lowest BCUT2D eigenvalue weighted by Gasteiger charge is -2.18. The smallest absolute Gasteiger partial charge is 0.0992 e.